The second-order valence-corrected chi connectivity index (χ2v) is 6.82. The summed E-state index contributed by atoms with van der Waals surface area (Å²) in [6.45, 7) is 0. The predicted octanol–water partition coefficient (Wildman–Crippen LogP) is 6.88. The summed E-state index contributed by atoms with van der Waals surface area (Å²) in [6.07, 6.45) is 6.77. The summed E-state index contributed by atoms with van der Waals surface area (Å²) in [5, 5.41) is 5.64. The average molecular weight is 344 g/mol. The lowest BCUT2D eigenvalue weighted by Crippen LogP contribution is -2.02. The Morgan fingerprint density at radius 3 is 2.28 bits per heavy atom. The molecule has 0 amide bonds. The van der Waals surface area contributed by atoms with Gasteiger partial charge in [0.15, 0.2) is 4.71 Å². The highest BCUT2D eigenvalue weighted by atomic mass is 32.1. The number of fused-ring (bicyclic) bond motifs is 5. The van der Waals surface area contributed by atoms with Gasteiger partial charge in [0.2, 0.25) is 0 Å². The molecule has 4 aromatic rings. The van der Waals surface area contributed by atoms with Crippen LogP contribution in [0.3, 0.4) is 0 Å². The van der Waals surface area contributed by atoms with Gasteiger partial charge < -0.3 is 4.42 Å². The summed E-state index contributed by atoms with van der Waals surface area (Å²) in [5.41, 5.74) is 3.17. The molecule has 0 bridgehead atoms. The Kier molecular flexibility index (Phi) is 4.62. The van der Waals surface area contributed by atoms with E-state index in [0.717, 1.165) is 0 Å². The zero-order valence-corrected chi connectivity index (χ0v) is 14.9. The van der Waals surface area contributed by atoms with Crippen molar-refractivity contribution < 1.29 is 4.42 Å². The molecule has 0 spiro atoms. The largest absolute Gasteiger partial charge is 0.454 e. The number of rotatable bonds is 0. The second kappa shape index (κ2) is 7.20. The molecule has 2 heteroatoms. The maximum absolute atomic E-state index is 4.74. The molecule has 5 rings (SSSR count). The topological polar surface area (TPSA) is 13.1 Å². The van der Waals surface area contributed by atoms with E-state index in [1.165, 1.54) is 47.2 Å². The molecule has 1 aliphatic carbocycles. The minimum atomic E-state index is 0.530. The van der Waals surface area contributed by atoms with E-state index in [1.54, 1.807) is 29.5 Å². The summed E-state index contributed by atoms with van der Waals surface area (Å²) in [6, 6.07) is 23.3. The minimum absolute atomic E-state index is 0.530. The van der Waals surface area contributed by atoms with Crippen molar-refractivity contribution in [2.45, 2.75) is 25.7 Å². The maximum Gasteiger partial charge on any atom is 0.189 e. The standard InChI is InChI=1S/C18H16.C5H4OS/c1-3-7-15-13(5-1)9-11-18-16-8-4-2-6-14(16)10-12-17(15)18;7-5-3-1-2-4-6-5/h1,3,5,7,9-12H,2,4,6,8H2;1-4H. The van der Waals surface area contributed by atoms with Crippen LogP contribution in [-0.4, -0.2) is 0 Å². The highest BCUT2D eigenvalue weighted by Gasteiger charge is 2.13. The molecule has 0 aliphatic heterocycles. The Hall–Kier alpha value is -2.45. The Labute approximate surface area is 152 Å². The van der Waals surface area contributed by atoms with Crippen LogP contribution < -0.4 is 0 Å². The lowest BCUT2D eigenvalue weighted by molar-refractivity contribution is 0.534. The van der Waals surface area contributed by atoms with E-state index in [9.17, 15) is 0 Å². The molecule has 25 heavy (non-hydrogen) atoms. The van der Waals surface area contributed by atoms with Crippen LogP contribution in [0.15, 0.2) is 77.4 Å². The zero-order valence-electron chi connectivity index (χ0n) is 14.1. The molecule has 3 aromatic carbocycles. The van der Waals surface area contributed by atoms with Crippen molar-refractivity contribution in [3.05, 3.63) is 88.8 Å². The molecular formula is C23H20OS. The molecule has 0 unspecified atom stereocenters. The van der Waals surface area contributed by atoms with Crippen LogP contribution in [0.4, 0.5) is 0 Å². The maximum atomic E-state index is 4.74. The monoisotopic (exact) mass is 344 g/mol. The second-order valence-electron chi connectivity index (χ2n) is 6.42. The van der Waals surface area contributed by atoms with Crippen molar-refractivity contribution in [3.63, 3.8) is 0 Å². The first-order chi connectivity index (χ1) is 12.3. The van der Waals surface area contributed by atoms with Crippen LogP contribution >= 0.6 is 12.2 Å². The molecule has 0 saturated heterocycles. The van der Waals surface area contributed by atoms with Crippen LogP contribution in [0.25, 0.3) is 21.5 Å². The van der Waals surface area contributed by atoms with Gasteiger partial charge in [-0.2, -0.15) is 0 Å². The molecule has 1 aromatic heterocycles. The van der Waals surface area contributed by atoms with Gasteiger partial charge in [0.25, 0.3) is 0 Å². The number of hydrogen-bond donors (Lipinski definition) is 0. The van der Waals surface area contributed by atoms with Crippen LogP contribution in [0.5, 0.6) is 0 Å². The Bertz CT molecular complexity index is 1060. The molecule has 1 nitrogen and oxygen atoms in total. The first kappa shape index (κ1) is 16.0. The number of benzene rings is 3. The minimum Gasteiger partial charge on any atom is -0.454 e. The van der Waals surface area contributed by atoms with Gasteiger partial charge in [-0.05, 0) is 82.7 Å². The molecular weight excluding hydrogens is 324 g/mol. The Balaban J connectivity index is 0.000000190. The highest BCUT2D eigenvalue weighted by molar-refractivity contribution is 7.71. The van der Waals surface area contributed by atoms with Gasteiger partial charge in [-0.15, -0.1) is 0 Å². The lowest BCUT2D eigenvalue weighted by atomic mass is 9.86. The highest BCUT2D eigenvalue weighted by Crippen LogP contribution is 2.33. The van der Waals surface area contributed by atoms with Crippen LogP contribution in [-0.2, 0) is 12.8 Å². The van der Waals surface area contributed by atoms with Crippen LogP contribution in [0, 0.1) is 4.71 Å². The van der Waals surface area contributed by atoms with E-state index in [-0.39, 0.29) is 0 Å². The van der Waals surface area contributed by atoms with E-state index in [4.69, 9.17) is 4.42 Å². The first-order valence-electron chi connectivity index (χ1n) is 8.79. The molecule has 0 radical (unpaired) electrons. The summed E-state index contributed by atoms with van der Waals surface area (Å²) in [7, 11) is 0. The molecule has 1 heterocycles. The normalized spacial score (nSPS) is 13.1. The van der Waals surface area contributed by atoms with Gasteiger partial charge in [0, 0.05) is 0 Å². The van der Waals surface area contributed by atoms with E-state index >= 15 is 0 Å². The zero-order chi connectivity index (χ0) is 17.1. The first-order valence-corrected chi connectivity index (χ1v) is 9.20. The third kappa shape index (κ3) is 3.35. The summed E-state index contributed by atoms with van der Waals surface area (Å²) in [5.74, 6) is 0. The predicted molar refractivity (Wildman–Crippen MR) is 108 cm³/mol. The van der Waals surface area contributed by atoms with Crippen molar-refractivity contribution in [3.8, 4) is 0 Å². The van der Waals surface area contributed by atoms with Crippen molar-refractivity contribution in [2.75, 3.05) is 0 Å². The fourth-order valence-electron chi connectivity index (χ4n) is 3.67. The Morgan fingerprint density at radius 2 is 1.48 bits per heavy atom. The summed E-state index contributed by atoms with van der Waals surface area (Å²) >= 11 is 4.65. The molecule has 0 fully saturated rings. The van der Waals surface area contributed by atoms with Gasteiger partial charge in [-0.1, -0.05) is 54.6 Å². The van der Waals surface area contributed by atoms with Gasteiger partial charge in [-0.25, -0.2) is 0 Å². The average Bonchev–Trinajstić information content (AvgIpc) is 2.68. The fraction of sp³-hybridized carbons (Fsp3) is 0.174. The van der Waals surface area contributed by atoms with Crippen molar-refractivity contribution >= 4 is 33.8 Å². The number of aryl methyl sites for hydroxylation is 2. The van der Waals surface area contributed by atoms with Crippen molar-refractivity contribution in [1.82, 2.24) is 0 Å². The molecule has 0 saturated carbocycles. The third-order valence-electron chi connectivity index (χ3n) is 4.86. The SMILES string of the molecule is S=c1cccco1.c1ccc2c(c1)ccc1c3c(ccc12)CCCC3. The number of hydrogen-bond acceptors (Lipinski definition) is 2. The van der Waals surface area contributed by atoms with Crippen molar-refractivity contribution in [2.24, 2.45) is 0 Å². The van der Waals surface area contributed by atoms with Crippen LogP contribution in [0.2, 0.25) is 0 Å². The molecule has 1 aliphatic rings. The smallest absolute Gasteiger partial charge is 0.189 e. The lowest BCUT2D eigenvalue weighted by Gasteiger charge is -2.18. The van der Waals surface area contributed by atoms with Gasteiger partial charge in [0.1, 0.15) is 0 Å². The van der Waals surface area contributed by atoms with E-state index in [0.29, 0.717) is 4.71 Å². The van der Waals surface area contributed by atoms with E-state index < -0.39 is 0 Å². The molecule has 0 atom stereocenters. The third-order valence-corrected chi connectivity index (χ3v) is 5.10. The summed E-state index contributed by atoms with van der Waals surface area (Å²) < 4.78 is 5.27. The quantitative estimate of drug-likeness (QED) is 0.255. The molecule has 124 valence electrons. The van der Waals surface area contributed by atoms with Gasteiger partial charge in [-0.3, -0.25) is 0 Å². The van der Waals surface area contributed by atoms with Gasteiger partial charge >= 0.3 is 0 Å². The van der Waals surface area contributed by atoms with Gasteiger partial charge in [0.05, 0.1) is 6.26 Å². The fourth-order valence-corrected chi connectivity index (χ4v) is 3.80. The summed E-state index contributed by atoms with van der Waals surface area (Å²) in [4.78, 5) is 0. The van der Waals surface area contributed by atoms with Crippen molar-refractivity contribution in [1.29, 1.82) is 0 Å². The van der Waals surface area contributed by atoms with E-state index in [1.807, 2.05) is 6.07 Å². The molecule has 0 N–H and O–H groups in total. The van der Waals surface area contributed by atoms with E-state index in [2.05, 4.69) is 60.7 Å². The van der Waals surface area contributed by atoms with Crippen LogP contribution in [0.1, 0.15) is 24.0 Å². The Morgan fingerprint density at radius 1 is 0.680 bits per heavy atom.